The van der Waals surface area contributed by atoms with E-state index in [0.717, 1.165) is 63.5 Å². The zero-order chi connectivity index (χ0) is 22.4. The number of amides is 1. The summed E-state index contributed by atoms with van der Waals surface area (Å²) in [5, 5.41) is 21.5. The van der Waals surface area contributed by atoms with E-state index in [4.69, 9.17) is 0 Å². The summed E-state index contributed by atoms with van der Waals surface area (Å²) in [5.74, 6) is 1.96. The average Bonchev–Trinajstić information content (AvgIpc) is 3.25. The molecule has 0 bridgehead atoms. The van der Waals surface area contributed by atoms with Gasteiger partial charge in [0.15, 0.2) is 11.6 Å². The van der Waals surface area contributed by atoms with Gasteiger partial charge in [0.25, 0.3) is 0 Å². The second-order valence-corrected chi connectivity index (χ2v) is 9.40. The van der Waals surface area contributed by atoms with Crippen molar-refractivity contribution in [1.29, 1.82) is 0 Å². The minimum absolute atomic E-state index is 0.0740. The zero-order valence-corrected chi connectivity index (χ0v) is 19.6. The highest BCUT2D eigenvalue weighted by Crippen LogP contribution is 2.26. The predicted molar refractivity (Wildman–Crippen MR) is 124 cm³/mol. The third kappa shape index (κ3) is 6.07. The molecule has 0 aromatic carbocycles. The van der Waals surface area contributed by atoms with Gasteiger partial charge in [-0.2, -0.15) is 0 Å². The number of hydrogen-bond donors (Lipinski definition) is 2. The van der Waals surface area contributed by atoms with E-state index >= 15 is 0 Å². The maximum Gasteiger partial charge on any atom is 0.223 e. The number of nitrogens with zero attached hydrogens (tertiary/aromatic N) is 5. The van der Waals surface area contributed by atoms with Crippen molar-refractivity contribution in [3.8, 4) is 0 Å². The lowest BCUT2D eigenvalue weighted by atomic mass is 9.96. The number of rotatable bonds is 9. The van der Waals surface area contributed by atoms with Gasteiger partial charge in [-0.25, -0.2) is 0 Å². The summed E-state index contributed by atoms with van der Waals surface area (Å²) in [5.41, 5.74) is 0. The molecular formula is C23H40N6O2. The van der Waals surface area contributed by atoms with Crippen LogP contribution in [0.3, 0.4) is 0 Å². The summed E-state index contributed by atoms with van der Waals surface area (Å²) in [7, 11) is 0. The number of carbonyl (C=O) groups is 1. The predicted octanol–water partition coefficient (Wildman–Crippen LogP) is 1.89. The van der Waals surface area contributed by atoms with E-state index in [9.17, 15) is 9.90 Å². The van der Waals surface area contributed by atoms with Crippen LogP contribution in [0.15, 0.2) is 12.1 Å². The molecule has 31 heavy (non-hydrogen) atoms. The highest BCUT2D eigenvalue weighted by molar-refractivity contribution is 5.79. The van der Waals surface area contributed by atoms with E-state index in [2.05, 4.69) is 57.9 Å². The van der Waals surface area contributed by atoms with Crippen molar-refractivity contribution in [2.45, 2.75) is 71.5 Å². The maximum absolute atomic E-state index is 12.6. The van der Waals surface area contributed by atoms with Gasteiger partial charge in [0, 0.05) is 50.7 Å². The minimum Gasteiger partial charge on any atom is -0.394 e. The van der Waals surface area contributed by atoms with Crippen LogP contribution in [0.1, 0.15) is 53.4 Å². The molecule has 8 heteroatoms. The first-order valence-corrected chi connectivity index (χ1v) is 11.9. The van der Waals surface area contributed by atoms with Gasteiger partial charge in [-0.15, -0.1) is 10.2 Å². The van der Waals surface area contributed by atoms with Gasteiger partial charge in [0.05, 0.1) is 12.6 Å². The van der Waals surface area contributed by atoms with Crippen LogP contribution in [-0.2, 0) is 4.79 Å². The summed E-state index contributed by atoms with van der Waals surface area (Å²) >= 11 is 0. The highest BCUT2D eigenvalue weighted by atomic mass is 16.3. The number of piperidine rings is 1. The van der Waals surface area contributed by atoms with Gasteiger partial charge in [0.1, 0.15) is 0 Å². The van der Waals surface area contributed by atoms with E-state index in [1.165, 1.54) is 0 Å². The van der Waals surface area contributed by atoms with Crippen LogP contribution < -0.4 is 15.1 Å². The molecule has 2 aliphatic rings. The van der Waals surface area contributed by atoms with Crippen LogP contribution in [0.25, 0.3) is 0 Å². The van der Waals surface area contributed by atoms with Crippen molar-refractivity contribution < 1.29 is 9.90 Å². The third-order valence-electron chi connectivity index (χ3n) is 6.70. The van der Waals surface area contributed by atoms with Crippen LogP contribution in [-0.4, -0.2) is 83.6 Å². The van der Waals surface area contributed by atoms with E-state index in [0.29, 0.717) is 18.6 Å². The van der Waals surface area contributed by atoms with E-state index in [1.54, 1.807) is 0 Å². The van der Waals surface area contributed by atoms with Crippen LogP contribution in [0, 0.1) is 5.92 Å². The average molecular weight is 433 g/mol. The lowest BCUT2D eigenvalue weighted by molar-refractivity contribution is -0.125. The van der Waals surface area contributed by atoms with Crippen LogP contribution in [0.5, 0.6) is 0 Å². The van der Waals surface area contributed by atoms with Crippen molar-refractivity contribution >= 4 is 17.5 Å². The van der Waals surface area contributed by atoms with Crippen LogP contribution >= 0.6 is 0 Å². The maximum atomic E-state index is 12.6. The second kappa shape index (κ2) is 11.1. The molecule has 2 aliphatic heterocycles. The molecule has 3 heterocycles. The molecule has 0 aliphatic carbocycles. The van der Waals surface area contributed by atoms with Gasteiger partial charge in [-0.05, 0) is 65.5 Å². The molecule has 2 saturated heterocycles. The number of aliphatic hydroxyl groups excluding tert-OH is 1. The molecule has 1 atom stereocenters. The number of nitrogens with one attached hydrogen (secondary N) is 1. The number of aromatic nitrogens is 2. The van der Waals surface area contributed by atoms with E-state index in [1.807, 2.05) is 12.1 Å². The lowest BCUT2D eigenvalue weighted by Crippen LogP contribution is -2.45. The van der Waals surface area contributed by atoms with Gasteiger partial charge in [-0.1, -0.05) is 0 Å². The van der Waals surface area contributed by atoms with Crippen molar-refractivity contribution in [2.75, 3.05) is 49.1 Å². The molecule has 1 aromatic rings. The summed E-state index contributed by atoms with van der Waals surface area (Å²) in [6, 6.07) is 5.13. The number of carbonyl (C=O) groups excluding carboxylic acids is 1. The van der Waals surface area contributed by atoms with Gasteiger partial charge in [0.2, 0.25) is 5.91 Å². The summed E-state index contributed by atoms with van der Waals surface area (Å²) in [6.45, 7) is 13.1. The monoisotopic (exact) mass is 432 g/mol. The van der Waals surface area contributed by atoms with Crippen molar-refractivity contribution in [2.24, 2.45) is 5.92 Å². The van der Waals surface area contributed by atoms with Crippen molar-refractivity contribution in [3.05, 3.63) is 12.1 Å². The Balaban J connectivity index is 1.44. The Kier molecular flexibility index (Phi) is 8.49. The molecule has 2 N–H and O–H groups in total. The van der Waals surface area contributed by atoms with Gasteiger partial charge < -0.3 is 20.2 Å². The molecule has 1 amide bonds. The Labute approximate surface area is 187 Å². The smallest absolute Gasteiger partial charge is 0.223 e. The lowest BCUT2D eigenvalue weighted by Gasteiger charge is -2.33. The molecule has 0 saturated carbocycles. The standard InChI is InChI=1S/C23H40N6O2/c1-17(2)28(18(3)4)15-11-24-23(31)19-9-13-27(14-10-19)21-7-8-22(26-25-21)29-12-5-6-20(29)16-30/h7-8,17-20,30H,5-6,9-16H2,1-4H3,(H,24,31). The molecule has 8 nitrogen and oxygen atoms in total. The van der Waals surface area contributed by atoms with E-state index < -0.39 is 0 Å². The Morgan fingerprint density at radius 1 is 1.10 bits per heavy atom. The summed E-state index contributed by atoms with van der Waals surface area (Å²) in [6.07, 6.45) is 3.76. The first kappa shape index (κ1) is 23.7. The Morgan fingerprint density at radius 3 is 2.32 bits per heavy atom. The SMILES string of the molecule is CC(C)N(CCNC(=O)C1CCN(c2ccc(N3CCCC3CO)nn2)CC1)C(C)C. The Bertz CT molecular complexity index is 680. The molecule has 174 valence electrons. The topological polar surface area (TPSA) is 84.8 Å². The third-order valence-corrected chi connectivity index (χ3v) is 6.70. The number of anilines is 2. The first-order valence-electron chi connectivity index (χ1n) is 11.9. The fourth-order valence-corrected chi connectivity index (χ4v) is 4.90. The van der Waals surface area contributed by atoms with Gasteiger partial charge >= 0.3 is 0 Å². The Hall–Kier alpha value is -1.93. The first-order chi connectivity index (χ1) is 14.9. The van der Waals surface area contributed by atoms with Crippen LogP contribution in [0.2, 0.25) is 0 Å². The second-order valence-electron chi connectivity index (χ2n) is 9.40. The fraction of sp³-hybridized carbons (Fsp3) is 0.783. The van der Waals surface area contributed by atoms with Crippen molar-refractivity contribution in [1.82, 2.24) is 20.4 Å². The van der Waals surface area contributed by atoms with Crippen LogP contribution in [0.4, 0.5) is 11.6 Å². The molecule has 2 fully saturated rings. The number of hydrogen-bond acceptors (Lipinski definition) is 7. The molecular weight excluding hydrogens is 392 g/mol. The highest BCUT2D eigenvalue weighted by Gasteiger charge is 2.27. The Morgan fingerprint density at radius 2 is 1.74 bits per heavy atom. The number of aliphatic hydroxyl groups is 1. The molecule has 3 rings (SSSR count). The minimum atomic E-state index is 0.0740. The zero-order valence-electron chi connectivity index (χ0n) is 19.6. The molecule has 1 aromatic heterocycles. The van der Waals surface area contributed by atoms with Crippen molar-refractivity contribution in [3.63, 3.8) is 0 Å². The molecule has 0 radical (unpaired) electrons. The summed E-state index contributed by atoms with van der Waals surface area (Å²) in [4.78, 5) is 19.4. The normalized spacial score (nSPS) is 20.3. The van der Waals surface area contributed by atoms with Gasteiger partial charge in [-0.3, -0.25) is 9.69 Å². The summed E-state index contributed by atoms with van der Waals surface area (Å²) < 4.78 is 0. The quantitative estimate of drug-likeness (QED) is 0.616. The molecule has 0 spiro atoms. The largest absolute Gasteiger partial charge is 0.394 e. The molecule has 1 unspecified atom stereocenters. The fourth-order valence-electron chi connectivity index (χ4n) is 4.90. The van der Waals surface area contributed by atoms with E-state index in [-0.39, 0.29) is 24.5 Å².